The lowest BCUT2D eigenvalue weighted by Gasteiger charge is -2.45. The lowest BCUT2D eigenvalue weighted by Crippen LogP contribution is -2.63. The van der Waals surface area contributed by atoms with Gasteiger partial charge in [-0.3, -0.25) is 4.90 Å². The minimum absolute atomic E-state index is 0.183. The average molecular weight is 252 g/mol. The lowest BCUT2D eigenvalue weighted by molar-refractivity contribution is -0.0769. The Morgan fingerprint density at radius 3 is 2.76 bits per heavy atom. The number of carbonyl (C=O) groups excluding carboxylic acids is 1. The van der Waals surface area contributed by atoms with Crippen LogP contribution in [0.3, 0.4) is 0 Å². The first-order valence-electron chi connectivity index (χ1n) is 5.77. The molecule has 0 bridgehead atoms. The van der Waals surface area contributed by atoms with Crippen LogP contribution in [0.2, 0.25) is 0 Å². The molecule has 0 unspecified atom stereocenters. The van der Waals surface area contributed by atoms with Crippen LogP contribution in [0.15, 0.2) is 11.4 Å². The summed E-state index contributed by atoms with van der Waals surface area (Å²) in [6.07, 6.45) is -0.183. The SMILES string of the molecule is Cc1ccsc1CN1CC2(C1)CN(C)C(=O)O2. The van der Waals surface area contributed by atoms with Crippen LogP contribution in [-0.4, -0.2) is 48.2 Å². The maximum atomic E-state index is 11.3. The number of hydrogen-bond donors (Lipinski definition) is 0. The highest BCUT2D eigenvalue weighted by Crippen LogP contribution is 2.33. The van der Waals surface area contributed by atoms with E-state index in [1.165, 1.54) is 10.4 Å². The highest BCUT2D eigenvalue weighted by Gasteiger charge is 2.52. The van der Waals surface area contributed by atoms with E-state index in [2.05, 4.69) is 23.3 Å². The van der Waals surface area contributed by atoms with Crippen molar-refractivity contribution in [3.05, 3.63) is 21.9 Å². The third kappa shape index (κ3) is 1.83. The Kier molecular flexibility index (Phi) is 2.41. The molecule has 2 saturated heterocycles. The molecule has 1 spiro atoms. The maximum absolute atomic E-state index is 11.3. The molecular formula is C12H16N2O2S. The lowest BCUT2D eigenvalue weighted by atomic mass is 9.94. The second kappa shape index (κ2) is 3.71. The number of amides is 1. The van der Waals surface area contributed by atoms with Crippen LogP contribution in [0.4, 0.5) is 4.79 Å². The molecule has 2 fully saturated rings. The van der Waals surface area contributed by atoms with Gasteiger partial charge in [-0.2, -0.15) is 0 Å². The zero-order valence-electron chi connectivity index (χ0n) is 10.1. The summed E-state index contributed by atoms with van der Waals surface area (Å²) >= 11 is 1.80. The topological polar surface area (TPSA) is 32.8 Å². The van der Waals surface area contributed by atoms with Crippen LogP contribution >= 0.6 is 11.3 Å². The Hall–Kier alpha value is -1.07. The zero-order chi connectivity index (χ0) is 12.0. The molecule has 3 heterocycles. The highest BCUT2D eigenvalue weighted by atomic mass is 32.1. The molecule has 0 aromatic carbocycles. The fraction of sp³-hybridized carbons (Fsp3) is 0.583. The molecule has 2 aliphatic heterocycles. The van der Waals surface area contributed by atoms with Gasteiger partial charge >= 0.3 is 6.09 Å². The number of thiophene rings is 1. The van der Waals surface area contributed by atoms with Crippen LogP contribution in [0.1, 0.15) is 10.4 Å². The summed E-state index contributed by atoms with van der Waals surface area (Å²) in [5, 5.41) is 2.13. The summed E-state index contributed by atoms with van der Waals surface area (Å²) in [6.45, 7) is 5.57. The molecule has 0 aliphatic carbocycles. The first-order chi connectivity index (χ1) is 8.08. The first kappa shape index (κ1) is 11.0. The van der Waals surface area contributed by atoms with Crippen molar-refractivity contribution >= 4 is 17.4 Å². The molecule has 1 aromatic heterocycles. The van der Waals surface area contributed by atoms with Gasteiger partial charge in [0.2, 0.25) is 0 Å². The maximum Gasteiger partial charge on any atom is 0.410 e. The van der Waals surface area contributed by atoms with Crippen LogP contribution in [0.5, 0.6) is 0 Å². The van der Waals surface area contributed by atoms with Crippen molar-refractivity contribution in [2.45, 2.75) is 19.1 Å². The molecule has 0 N–H and O–H groups in total. The number of hydrogen-bond acceptors (Lipinski definition) is 4. The molecule has 1 aromatic rings. The van der Waals surface area contributed by atoms with Gasteiger partial charge in [0.05, 0.1) is 6.54 Å². The number of likely N-dealkylation sites (tertiary alicyclic amines) is 1. The summed E-state index contributed by atoms with van der Waals surface area (Å²) < 4.78 is 5.43. The van der Waals surface area contributed by atoms with Gasteiger partial charge in [0.25, 0.3) is 0 Å². The van der Waals surface area contributed by atoms with Crippen LogP contribution in [-0.2, 0) is 11.3 Å². The summed E-state index contributed by atoms with van der Waals surface area (Å²) in [6, 6.07) is 2.15. The Morgan fingerprint density at radius 2 is 2.24 bits per heavy atom. The van der Waals surface area contributed by atoms with E-state index in [0.717, 1.165) is 26.2 Å². The second-order valence-corrected chi connectivity index (χ2v) is 6.08. The number of nitrogens with zero attached hydrogens (tertiary/aromatic N) is 2. The Bertz CT molecular complexity index is 451. The summed E-state index contributed by atoms with van der Waals surface area (Å²) in [7, 11) is 1.79. The van der Waals surface area contributed by atoms with E-state index in [9.17, 15) is 4.79 Å². The summed E-state index contributed by atoms with van der Waals surface area (Å²) in [5.74, 6) is 0. The van der Waals surface area contributed by atoms with Gasteiger partial charge in [-0.15, -0.1) is 11.3 Å². The fourth-order valence-corrected chi connectivity index (χ4v) is 3.55. The van der Waals surface area contributed by atoms with Crippen molar-refractivity contribution in [1.29, 1.82) is 0 Å². The number of aryl methyl sites for hydroxylation is 1. The van der Waals surface area contributed by atoms with Gasteiger partial charge in [0, 0.05) is 31.6 Å². The Morgan fingerprint density at radius 1 is 1.47 bits per heavy atom. The van der Waals surface area contributed by atoms with E-state index in [0.29, 0.717) is 0 Å². The molecule has 4 nitrogen and oxygen atoms in total. The molecule has 0 atom stereocenters. The summed E-state index contributed by atoms with van der Waals surface area (Å²) in [4.78, 5) is 16.8. The van der Waals surface area contributed by atoms with Crippen molar-refractivity contribution < 1.29 is 9.53 Å². The van der Waals surface area contributed by atoms with Crippen molar-refractivity contribution in [3.63, 3.8) is 0 Å². The van der Waals surface area contributed by atoms with Crippen molar-refractivity contribution in [3.8, 4) is 0 Å². The van der Waals surface area contributed by atoms with E-state index in [4.69, 9.17) is 4.74 Å². The van der Waals surface area contributed by atoms with E-state index in [1.54, 1.807) is 23.3 Å². The van der Waals surface area contributed by atoms with Gasteiger partial charge in [-0.25, -0.2) is 4.79 Å². The summed E-state index contributed by atoms with van der Waals surface area (Å²) in [5.41, 5.74) is 1.13. The highest BCUT2D eigenvalue weighted by molar-refractivity contribution is 7.10. The van der Waals surface area contributed by atoms with E-state index in [1.807, 2.05) is 0 Å². The third-order valence-electron chi connectivity index (χ3n) is 3.50. The van der Waals surface area contributed by atoms with Crippen LogP contribution in [0.25, 0.3) is 0 Å². The standard InChI is InChI=1S/C12H16N2O2S/c1-9-3-4-17-10(9)5-14-7-12(8-14)6-13(2)11(15)16-12/h3-4H,5-8H2,1-2H3. The number of ether oxygens (including phenoxy) is 1. The van der Waals surface area contributed by atoms with Crippen LogP contribution in [0, 0.1) is 6.92 Å². The molecule has 92 valence electrons. The molecule has 0 radical (unpaired) electrons. The Balaban J connectivity index is 1.59. The molecule has 5 heteroatoms. The number of rotatable bonds is 2. The van der Waals surface area contributed by atoms with E-state index >= 15 is 0 Å². The average Bonchev–Trinajstić information content (AvgIpc) is 2.73. The van der Waals surface area contributed by atoms with Crippen molar-refractivity contribution in [2.75, 3.05) is 26.7 Å². The minimum atomic E-state index is -0.225. The largest absolute Gasteiger partial charge is 0.438 e. The Labute approximate surface area is 105 Å². The predicted octanol–water partition coefficient (Wildman–Crippen LogP) is 1.69. The van der Waals surface area contributed by atoms with Gasteiger partial charge in [-0.05, 0) is 23.9 Å². The first-order valence-corrected chi connectivity index (χ1v) is 6.65. The number of likely N-dealkylation sites (N-methyl/N-ethyl adjacent to an activating group) is 1. The fourth-order valence-electron chi connectivity index (χ4n) is 2.61. The van der Waals surface area contributed by atoms with Gasteiger partial charge < -0.3 is 9.64 Å². The molecule has 0 saturated carbocycles. The molecule has 2 aliphatic rings. The third-order valence-corrected chi connectivity index (χ3v) is 4.51. The van der Waals surface area contributed by atoms with Gasteiger partial charge in [0.1, 0.15) is 0 Å². The van der Waals surface area contributed by atoms with E-state index < -0.39 is 0 Å². The monoisotopic (exact) mass is 252 g/mol. The van der Waals surface area contributed by atoms with Crippen LogP contribution < -0.4 is 0 Å². The number of carbonyl (C=O) groups is 1. The molecule has 1 amide bonds. The van der Waals surface area contributed by atoms with Crippen molar-refractivity contribution in [1.82, 2.24) is 9.80 Å². The molecule has 17 heavy (non-hydrogen) atoms. The van der Waals surface area contributed by atoms with E-state index in [-0.39, 0.29) is 11.7 Å². The predicted molar refractivity (Wildman–Crippen MR) is 66.2 cm³/mol. The quantitative estimate of drug-likeness (QED) is 0.803. The second-order valence-electron chi connectivity index (χ2n) is 5.08. The van der Waals surface area contributed by atoms with Gasteiger partial charge in [0.15, 0.2) is 5.60 Å². The minimum Gasteiger partial charge on any atom is -0.438 e. The smallest absolute Gasteiger partial charge is 0.410 e. The van der Waals surface area contributed by atoms with Crippen molar-refractivity contribution in [2.24, 2.45) is 0 Å². The van der Waals surface area contributed by atoms with Gasteiger partial charge in [-0.1, -0.05) is 0 Å². The molecule has 3 rings (SSSR count). The zero-order valence-corrected chi connectivity index (χ0v) is 10.9. The molecular weight excluding hydrogens is 236 g/mol. The normalized spacial score (nSPS) is 22.9.